The lowest BCUT2D eigenvalue weighted by atomic mass is 9.84. The first-order valence-corrected chi connectivity index (χ1v) is 8.57. The van der Waals surface area contributed by atoms with Gasteiger partial charge in [-0.25, -0.2) is 9.59 Å². The van der Waals surface area contributed by atoms with Crippen molar-refractivity contribution in [2.75, 3.05) is 6.61 Å². The van der Waals surface area contributed by atoms with Crippen molar-refractivity contribution in [3.05, 3.63) is 81.5 Å². The number of hydrogen-bond acceptors (Lipinski definition) is 7. The quantitative estimate of drug-likeness (QED) is 0.649. The summed E-state index contributed by atoms with van der Waals surface area (Å²) in [5, 5.41) is 18.9. The first kappa shape index (κ1) is 18.1. The summed E-state index contributed by atoms with van der Waals surface area (Å²) in [6.45, 7) is -0.481. The van der Waals surface area contributed by atoms with Crippen molar-refractivity contribution in [2.45, 2.75) is 5.92 Å². The smallest absolute Gasteiger partial charge is 0.344 e. The molecule has 0 radical (unpaired) electrons. The van der Waals surface area contributed by atoms with Crippen molar-refractivity contribution in [2.24, 2.45) is 5.73 Å². The SMILES string of the molecule is N#CC1=C(N)Oc2c(c(=O)oc3ccccc23)C1c1ccc(OCC(=O)O)cc1. The first-order chi connectivity index (χ1) is 14.0. The van der Waals surface area contributed by atoms with Crippen LogP contribution in [0, 0.1) is 11.3 Å². The van der Waals surface area contributed by atoms with Crippen molar-refractivity contribution in [3.63, 3.8) is 0 Å². The molecule has 8 nitrogen and oxygen atoms in total. The molecule has 2 heterocycles. The van der Waals surface area contributed by atoms with E-state index in [0.29, 0.717) is 22.3 Å². The number of aliphatic carboxylic acids is 1. The molecule has 0 fully saturated rings. The molecule has 3 N–H and O–H groups in total. The number of rotatable bonds is 4. The van der Waals surface area contributed by atoms with Crippen molar-refractivity contribution in [1.29, 1.82) is 5.26 Å². The van der Waals surface area contributed by atoms with E-state index in [9.17, 15) is 14.9 Å². The topological polar surface area (TPSA) is 136 Å². The van der Waals surface area contributed by atoms with Gasteiger partial charge in [0.2, 0.25) is 5.88 Å². The Morgan fingerprint density at radius 1 is 1.21 bits per heavy atom. The monoisotopic (exact) mass is 390 g/mol. The largest absolute Gasteiger partial charge is 0.482 e. The van der Waals surface area contributed by atoms with E-state index in [1.165, 1.54) is 0 Å². The minimum absolute atomic E-state index is 0.0827. The van der Waals surface area contributed by atoms with Gasteiger partial charge in [0.05, 0.1) is 16.9 Å². The predicted octanol–water partition coefficient (Wildman–Crippen LogP) is 2.47. The highest BCUT2D eigenvalue weighted by Gasteiger charge is 2.35. The van der Waals surface area contributed by atoms with Crippen LogP contribution in [0.25, 0.3) is 11.0 Å². The maximum absolute atomic E-state index is 12.8. The molecule has 1 aliphatic rings. The second kappa shape index (κ2) is 7.05. The zero-order valence-electron chi connectivity index (χ0n) is 14.9. The minimum atomic E-state index is -1.10. The number of carbonyl (C=O) groups is 1. The number of fused-ring (bicyclic) bond motifs is 3. The highest BCUT2D eigenvalue weighted by Crippen LogP contribution is 2.43. The van der Waals surface area contributed by atoms with Crippen LogP contribution in [0.4, 0.5) is 0 Å². The lowest BCUT2D eigenvalue weighted by Gasteiger charge is -2.26. The lowest BCUT2D eigenvalue weighted by molar-refractivity contribution is -0.139. The molecule has 0 bridgehead atoms. The third kappa shape index (κ3) is 3.15. The van der Waals surface area contributed by atoms with Crippen LogP contribution in [0.2, 0.25) is 0 Å². The Morgan fingerprint density at radius 3 is 2.62 bits per heavy atom. The van der Waals surface area contributed by atoms with E-state index in [2.05, 4.69) is 0 Å². The summed E-state index contributed by atoms with van der Waals surface area (Å²) >= 11 is 0. The van der Waals surface area contributed by atoms with Gasteiger partial charge < -0.3 is 24.7 Å². The van der Waals surface area contributed by atoms with Gasteiger partial charge in [-0.15, -0.1) is 0 Å². The second-order valence-electron chi connectivity index (χ2n) is 6.30. The molecule has 0 spiro atoms. The Morgan fingerprint density at radius 2 is 1.93 bits per heavy atom. The summed E-state index contributed by atoms with van der Waals surface area (Å²) in [5.41, 5.74) is 6.55. The van der Waals surface area contributed by atoms with Gasteiger partial charge in [0, 0.05) is 0 Å². The maximum atomic E-state index is 12.8. The molecule has 1 unspecified atom stereocenters. The van der Waals surface area contributed by atoms with Crippen LogP contribution < -0.4 is 20.8 Å². The first-order valence-electron chi connectivity index (χ1n) is 8.57. The van der Waals surface area contributed by atoms with E-state index in [0.717, 1.165) is 0 Å². The van der Waals surface area contributed by atoms with Crippen LogP contribution in [-0.2, 0) is 4.79 Å². The summed E-state index contributed by atoms with van der Waals surface area (Å²) in [7, 11) is 0. The van der Waals surface area contributed by atoms with Gasteiger partial charge in [0.15, 0.2) is 12.4 Å². The van der Waals surface area contributed by atoms with Gasteiger partial charge in [-0.3, -0.25) is 0 Å². The zero-order valence-corrected chi connectivity index (χ0v) is 14.9. The predicted molar refractivity (Wildman–Crippen MR) is 101 cm³/mol. The van der Waals surface area contributed by atoms with E-state index < -0.39 is 24.1 Å². The summed E-state index contributed by atoms with van der Waals surface area (Å²) < 4.78 is 16.2. The average molecular weight is 390 g/mol. The number of carboxylic acids is 1. The van der Waals surface area contributed by atoms with Gasteiger partial charge in [-0.1, -0.05) is 24.3 Å². The molecule has 8 heteroatoms. The fourth-order valence-corrected chi connectivity index (χ4v) is 3.30. The molecule has 0 saturated heterocycles. The highest BCUT2D eigenvalue weighted by molar-refractivity contribution is 5.86. The van der Waals surface area contributed by atoms with E-state index in [1.54, 1.807) is 48.5 Å². The van der Waals surface area contributed by atoms with Gasteiger partial charge in [0.1, 0.15) is 23.0 Å². The number of nitrogens with two attached hydrogens (primary N) is 1. The zero-order chi connectivity index (χ0) is 20.5. The molecule has 1 aliphatic heterocycles. The molecule has 1 aromatic heterocycles. The van der Waals surface area contributed by atoms with Crippen LogP contribution in [0.3, 0.4) is 0 Å². The third-order valence-electron chi connectivity index (χ3n) is 4.55. The van der Waals surface area contributed by atoms with Crippen LogP contribution >= 0.6 is 0 Å². The normalized spacial score (nSPS) is 15.3. The van der Waals surface area contributed by atoms with Crippen LogP contribution in [0.1, 0.15) is 17.0 Å². The summed E-state index contributed by atoms with van der Waals surface area (Å²) in [4.78, 5) is 23.4. The molecule has 0 saturated carbocycles. The van der Waals surface area contributed by atoms with Gasteiger partial charge in [-0.05, 0) is 29.8 Å². The number of para-hydroxylation sites is 1. The number of nitrogens with zero attached hydrogens (tertiary/aromatic N) is 1. The Hall–Kier alpha value is -4.25. The van der Waals surface area contributed by atoms with Crippen LogP contribution in [0.15, 0.2) is 69.2 Å². The Kier molecular flexibility index (Phi) is 4.41. The second-order valence-corrected chi connectivity index (χ2v) is 6.30. The third-order valence-corrected chi connectivity index (χ3v) is 4.55. The standard InChI is InChI=1S/C21H14N2O6/c22-9-14-17(11-5-7-12(8-6-11)27-10-16(24)25)18-19(29-20(14)23)13-3-1-2-4-15(13)28-21(18)26/h1-8,17H,10,23H2,(H,24,25). The molecule has 0 aliphatic carbocycles. The fraction of sp³-hybridized carbons (Fsp3) is 0.0952. The maximum Gasteiger partial charge on any atom is 0.344 e. The molecule has 4 rings (SSSR count). The van der Waals surface area contributed by atoms with Gasteiger partial charge in [0.25, 0.3) is 0 Å². The molecular formula is C21H14N2O6. The Bertz CT molecular complexity index is 1250. The molecule has 2 aromatic carbocycles. The Labute approximate surface area is 164 Å². The summed E-state index contributed by atoms with van der Waals surface area (Å²) in [5.74, 6) is -1.39. The molecule has 1 atom stereocenters. The minimum Gasteiger partial charge on any atom is -0.482 e. The summed E-state index contributed by atoms with van der Waals surface area (Å²) in [6.07, 6.45) is 0. The molecule has 29 heavy (non-hydrogen) atoms. The van der Waals surface area contributed by atoms with Gasteiger partial charge in [-0.2, -0.15) is 5.26 Å². The van der Waals surface area contributed by atoms with Crippen LogP contribution in [-0.4, -0.2) is 17.7 Å². The molecule has 0 amide bonds. The van der Waals surface area contributed by atoms with E-state index in [-0.39, 0.29) is 22.8 Å². The number of carboxylic acid groups (broad SMARTS) is 1. The van der Waals surface area contributed by atoms with Crippen LogP contribution in [0.5, 0.6) is 11.5 Å². The van der Waals surface area contributed by atoms with E-state index >= 15 is 0 Å². The van der Waals surface area contributed by atoms with E-state index in [4.69, 9.17) is 24.7 Å². The highest BCUT2D eigenvalue weighted by atomic mass is 16.5. The van der Waals surface area contributed by atoms with Crippen molar-refractivity contribution >= 4 is 16.9 Å². The number of nitriles is 1. The molecular weight excluding hydrogens is 376 g/mol. The van der Waals surface area contributed by atoms with E-state index in [1.807, 2.05) is 6.07 Å². The van der Waals surface area contributed by atoms with Crippen molar-refractivity contribution in [1.82, 2.24) is 0 Å². The van der Waals surface area contributed by atoms with Crippen molar-refractivity contribution < 1.29 is 23.8 Å². The Balaban J connectivity index is 1.87. The average Bonchev–Trinajstić information content (AvgIpc) is 2.72. The number of allylic oxidation sites excluding steroid dienone is 1. The number of ether oxygens (including phenoxy) is 2. The molecule has 144 valence electrons. The summed E-state index contributed by atoms with van der Waals surface area (Å²) in [6, 6.07) is 15.3. The number of hydrogen-bond donors (Lipinski definition) is 2. The number of benzene rings is 2. The van der Waals surface area contributed by atoms with Crippen molar-refractivity contribution in [3.8, 4) is 17.6 Å². The molecule has 3 aromatic rings. The lowest BCUT2D eigenvalue weighted by Crippen LogP contribution is -2.26. The fourth-order valence-electron chi connectivity index (χ4n) is 3.30. The van der Waals surface area contributed by atoms with Gasteiger partial charge >= 0.3 is 11.6 Å².